The molecule has 12 heavy (non-hydrogen) atoms. The Labute approximate surface area is 73.5 Å². The van der Waals surface area contributed by atoms with Crippen LogP contribution in [-0.2, 0) is 0 Å². The second-order valence-electron chi connectivity index (χ2n) is 2.15. The lowest BCUT2D eigenvalue weighted by molar-refractivity contribution is 0.0942. The van der Waals surface area contributed by atoms with Crippen LogP contribution < -0.4 is 5.32 Å². The fraction of sp³-hybridized carbons (Fsp3) is 0.286. The minimum absolute atomic E-state index is 0.0181. The van der Waals surface area contributed by atoms with E-state index in [9.17, 15) is 4.79 Å². The molecule has 0 spiro atoms. The van der Waals surface area contributed by atoms with E-state index in [1.165, 1.54) is 16.7 Å². The molecule has 66 valence electrons. The van der Waals surface area contributed by atoms with Crippen molar-refractivity contribution in [3.05, 3.63) is 16.3 Å². The molecule has 0 fully saturated rings. The summed E-state index contributed by atoms with van der Waals surface area (Å²) in [5, 5.41) is 23.0. The van der Waals surface area contributed by atoms with Gasteiger partial charge in [0.15, 0.2) is 0 Å². The van der Waals surface area contributed by atoms with E-state index in [-0.39, 0.29) is 30.4 Å². The van der Waals surface area contributed by atoms with Crippen LogP contribution in [0.5, 0.6) is 5.75 Å². The van der Waals surface area contributed by atoms with Crippen LogP contribution in [-0.4, -0.2) is 29.3 Å². The lowest BCUT2D eigenvalue weighted by Crippen LogP contribution is -2.25. The normalized spacial score (nSPS) is 9.75. The summed E-state index contributed by atoms with van der Waals surface area (Å²) in [6.45, 7) is 0.102. The van der Waals surface area contributed by atoms with Gasteiger partial charge in [0.25, 0.3) is 5.91 Å². The van der Waals surface area contributed by atoms with Crippen LogP contribution >= 0.6 is 11.3 Å². The first kappa shape index (κ1) is 9.02. The van der Waals surface area contributed by atoms with Gasteiger partial charge in [-0.3, -0.25) is 4.79 Å². The minimum Gasteiger partial charge on any atom is -0.506 e. The lowest BCUT2D eigenvalue weighted by Gasteiger charge is -2.00. The van der Waals surface area contributed by atoms with Crippen LogP contribution in [0.1, 0.15) is 10.4 Å². The summed E-state index contributed by atoms with van der Waals surface area (Å²) in [5.74, 6) is -0.377. The number of amides is 1. The van der Waals surface area contributed by atoms with Gasteiger partial charge in [-0.2, -0.15) is 0 Å². The molecule has 1 heterocycles. The lowest BCUT2D eigenvalue weighted by atomic mass is 10.3. The quantitative estimate of drug-likeness (QED) is 0.632. The average Bonchev–Trinajstić information content (AvgIpc) is 2.47. The number of aliphatic hydroxyl groups excluding tert-OH is 1. The second kappa shape index (κ2) is 4.08. The number of carbonyl (C=O) groups is 1. The summed E-state index contributed by atoms with van der Waals surface area (Å²) in [6.07, 6.45) is 0. The van der Waals surface area contributed by atoms with Crippen molar-refractivity contribution in [2.75, 3.05) is 13.2 Å². The SMILES string of the molecule is O=C(NCCO)c1cscc1O. The van der Waals surface area contributed by atoms with Gasteiger partial charge in [-0.25, -0.2) is 0 Å². The van der Waals surface area contributed by atoms with Gasteiger partial charge in [0.1, 0.15) is 5.75 Å². The first-order valence-electron chi connectivity index (χ1n) is 3.40. The third-order valence-corrected chi connectivity index (χ3v) is 2.01. The Morgan fingerprint density at radius 2 is 2.33 bits per heavy atom. The molecule has 0 unspecified atom stereocenters. The number of aliphatic hydroxyl groups is 1. The van der Waals surface area contributed by atoms with E-state index in [1.807, 2.05) is 0 Å². The highest BCUT2D eigenvalue weighted by Gasteiger charge is 2.10. The fourth-order valence-corrected chi connectivity index (χ4v) is 1.41. The Morgan fingerprint density at radius 3 is 2.83 bits per heavy atom. The summed E-state index contributed by atoms with van der Waals surface area (Å²) in [5.41, 5.74) is 0.258. The monoisotopic (exact) mass is 187 g/mol. The van der Waals surface area contributed by atoms with E-state index >= 15 is 0 Å². The van der Waals surface area contributed by atoms with Crippen molar-refractivity contribution in [2.24, 2.45) is 0 Å². The summed E-state index contributed by atoms with van der Waals surface area (Å²) in [7, 11) is 0. The molecular formula is C7H9NO3S. The number of carbonyl (C=O) groups excluding carboxylic acids is 1. The van der Waals surface area contributed by atoms with Gasteiger partial charge in [-0.1, -0.05) is 0 Å². The van der Waals surface area contributed by atoms with E-state index in [0.29, 0.717) is 0 Å². The highest BCUT2D eigenvalue weighted by atomic mass is 32.1. The Kier molecular flexibility index (Phi) is 3.07. The highest BCUT2D eigenvalue weighted by molar-refractivity contribution is 7.08. The van der Waals surface area contributed by atoms with Crippen molar-refractivity contribution in [1.29, 1.82) is 0 Å². The summed E-state index contributed by atoms with van der Waals surface area (Å²) >= 11 is 1.25. The largest absolute Gasteiger partial charge is 0.506 e. The molecule has 0 aliphatic carbocycles. The predicted octanol–water partition coefficient (Wildman–Crippen LogP) is 0.176. The molecule has 0 aliphatic heterocycles. The average molecular weight is 187 g/mol. The van der Waals surface area contributed by atoms with Gasteiger partial charge in [-0.15, -0.1) is 11.3 Å². The van der Waals surface area contributed by atoms with Crippen LogP contribution in [0.25, 0.3) is 0 Å². The fourth-order valence-electron chi connectivity index (χ4n) is 0.725. The maximum atomic E-state index is 11.1. The number of rotatable bonds is 3. The van der Waals surface area contributed by atoms with Gasteiger partial charge in [0.2, 0.25) is 0 Å². The summed E-state index contributed by atoms with van der Waals surface area (Å²) < 4.78 is 0. The number of nitrogens with one attached hydrogen (secondary N) is 1. The molecule has 0 bridgehead atoms. The maximum absolute atomic E-state index is 11.1. The van der Waals surface area contributed by atoms with Gasteiger partial charge in [-0.05, 0) is 0 Å². The molecule has 0 aliphatic rings. The highest BCUT2D eigenvalue weighted by Crippen LogP contribution is 2.20. The molecule has 0 radical (unpaired) electrons. The van der Waals surface area contributed by atoms with E-state index in [0.717, 1.165) is 0 Å². The first-order valence-corrected chi connectivity index (χ1v) is 4.34. The smallest absolute Gasteiger partial charge is 0.255 e. The standard InChI is InChI=1S/C7H9NO3S/c9-2-1-8-7(11)5-3-12-4-6(5)10/h3-4,9-10H,1-2H2,(H,8,11). The van der Waals surface area contributed by atoms with Crippen molar-refractivity contribution in [2.45, 2.75) is 0 Å². The van der Waals surface area contributed by atoms with Crippen molar-refractivity contribution in [3.63, 3.8) is 0 Å². The predicted molar refractivity (Wildman–Crippen MR) is 45.4 cm³/mol. The Morgan fingerprint density at radius 1 is 1.58 bits per heavy atom. The molecule has 1 aromatic heterocycles. The van der Waals surface area contributed by atoms with E-state index in [2.05, 4.69) is 5.32 Å². The van der Waals surface area contributed by atoms with Gasteiger partial charge in [0.05, 0.1) is 12.2 Å². The number of aromatic hydroxyl groups is 1. The van der Waals surface area contributed by atoms with Crippen LogP contribution in [0, 0.1) is 0 Å². The molecule has 5 heteroatoms. The molecule has 0 atom stereocenters. The Hall–Kier alpha value is -1.07. The molecule has 0 saturated heterocycles. The van der Waals surface area contributed by atoms with Gasteiger partial charge >= 0.3 is 0 Å². The second-order valence-corrected chi connectivity index (χ2v) is 2.89. The molecule has 1 aromatic rings. The van der Waals surface area contributed by atoms with Crippen LogP contribution in [0.15, 0.2) is 10.8 Å². The third kappa shape index (κ3) is 1.96. The topological polar surface area (TPSA) is 69.6 Å². The Balaban J connectivity index is 2.59. The maximum Gasteiger partial charge on any atom is 0.255 e. The van der Waals surface area contributed by atoms with Gasteiger partial charge < -0.3 is 15.5 Å². The molecule has 1 rings (SSSR count). The molecule has 0 aromatic carbocycles. The molecule has 0 saturated carbocycles. The van der Waals surface area contributed by atoms with E-state index in [4.69, 9.17) is 10.2 Å². The number of hydrogen-bond donors (Lipinski definition) is 3. The van der Waals surface area contributed by atoms with Gasteiger partial charge in [0, 0.05) is 17.3 Å². The van der Waals surface area contributed by atoms with Crippen LogP contribution in [0.4, 0.5) is 0 Å². The van der Waals surface area contributed by atoms with Crippen molar-refractivity contribution in [1.82, 2.24) is 5.32 Å². The molecule has 4 nitrogen and oxygen atoms in total. The minimum atomic E-state index is -0.359. The molecule has 1 amide bonds. The number of hydrogen-bond acceptors (Lipinski definition) is 4. The van der Waals surface area contributed by atoms with Crippen LogP contribution in [0.3, 0.4) is 0 Å². The summed E-state index contributed by atoms with van der Waals surface area (Å²) in [4.78, 5) is 11.1. The van der Waals surface area contributed by atoms with E-state index in [1.54, 1.807) is 5.38 Å². The van der Waals surface area contributed by atoms with Crippen LogP contribution in [0.2, 0.25) is 0 Å². The third-order valence-electron chi connectivity index (χ3n) is 1.28. The zero-order valence-corrected chi connectivity index (χ0v) is 7.10. The first-order chi connectivity index (χ1) is 5.75. The zero-order chi connectivity index (χ0) is 8.97. The Bertz CT molecular complexity index is 271. The number of thiophene rings is 1. The zero-order valence-electron chi connectivity index (χ0n) is 6.28. The van der Waals surface area contributed by atoms with Crippen molar-refractivity contribution < 1.29 is 15.0 Å². The van der Waals surface area contributed by atoms with E-state index < -0.39 is 0 Å². The van der Waals surface area contributed by atoms with Crippen molar-refractivity contribution in [3.8, 4) is 5.75 Å². The summed E-state index contributed by atoms with van der Waals surface area (Å²) in [6, 6.07) is 0. The van der Waals surface area contributed by atoms with Crippen molar-refractivity contribution >= 4 is 17.2 Å². The molecular weight excluding hydrogens is 178 g/mol. The molecule has 3 N–H and O–H groups in total.